The molecule has 1 fully saturated rings. The number of aromatic nitrogens is 2. The SMILES string of the molecule is CCCC1CCC(c2nccc(CN)n2)CC1. The Morgan fingerprint density at radius 2 is 2.06 bits per heavy atom. The van der Waals surface area contributed by atoms with Crippen LogP contribution in [0, 0.1) is 5.92 Å². The summed E-state index contributed by atoms with van der Waals surface area (Å²) in [6.07, 6.45) is 9.73. The molecule has 0 radical (unpaired) electrons. The van der Waals surface area contributed by atoms with Crippen molar-refractivity contribution in [2.75, 3.05) is 0 Å². The van der Waals surface area contributed by atoms with E-state index in [9.17, 15) is 0 Å². The molecule has 0 bridgehead atoms. The quantitative estimate of drug-likeness (QED) is 0.869. The minimum Gasteiger partial charge on any atom is -0.325 e. The third kappa shape index (κ3) is 3.25. The Kier molecular flexibility index (Phi) is 4.49. The lowest BCUT2D eigenvalue weighted by atomic mass is 9.80. The van der Waals surface area contributed by atoms with E-state index in [1.165, 1.54) is 38.5 Å². The van der Waals surface area contributed by atoms with Crippen molar-refractivity contribution in [1.82, 2.24) is 9.97 Å². The minimum absolute atomic E-state index is 0.515. The lowest BCUT2D eigenvalue weighted by Gasteiger charge is -2.27. The standard InChI is InChI=1S/C14H23N3/c1-2-3-11-4-6-12(7-5-11)14-16-9-8-13(10-15)17-14/h8-9,11-12H,2-7,10,15H2,1H3. The van der Waals surface area contributed by atoms with E-state index in [1.807, 2.05) is 12.3 Å². The average molecular weight is 233 g/mol. The normalized spacial score (nSPS) is 24.8. The van der Waals surface area contributed by atoms with Crippen LogP contribution in [-0.2, 0) is 6.54 Å². The summed E-state index contributed by atoms with van der Waals surface area (Å²) < 4.78 is 0. The van der Waals surface area contributed by atoms with E-state index >= 15 is 0 Å². The maximum Gasteiger partial charge on any atom is 0.131 e. The number of nitrogens with two attached hydrogens (primary N) is 1. The van der Waals surface area contributed by atoms with Crippen LogP contribution in [0.4, 0.5) is 0 Å². The summed E-state index contributed by atoms with van der Waals surface area (Å²) >= 11 is 0. The fourth-order valence-corrected chi connectivity index (χ4v) is 2.84. The highest BCUT2D eigenvalue weighted by Crippen LogP contribution is 2.35. The molecule has 1 aromatic rings. The van der Waals surface area contributed by atoms with Crippen LogP contribution in [0.15, 0.2) is 12.3 Å². The molecule has 1 aliphatic rings. The predicted octanol–water partition coefficient (Wildman–Crippen LogP) is 3.01. The molecular formula is C14H23N3. The van der Waals surface area contributed by atoms with Gasteiger partial charge < -0.3 is 5.73 Å². The van der Waals surface area contributed by atoms with Gasteiger partial charge in [-0.1, -0.05) is 19.8 Å². The van der Waals surface area contributed by atoms with Crippen LogP contribution >= 0.6 is 0 Å². The molecule has 3 nitrogen and oxygen atoms in total. The van der Waals surface area contributed by atoms with Crippen molar-refractivity contribution in [1.29, 1.82) is 0 Å². The fourth-order valence-electron chi connectivity index (χ4n) is 2.84. The van der Waals surface area contributed by atoms with Crippen LogP contribution in [-0.4, -0.2) is 9.97 Å². The summed E-state index contributed by atoms with van der Waals surface area (Å²) in [4.78, 5) is 8.97. The van der Waals surface area contributed by atoms with Crippen molar-refractivity contribution in [3.05, 3.63) is 23.8 Å². The fraction of sp³-hybridized carbons (Fsp3) is 0.714. The summed E-state index contributed by atoms with van der Waals surface area (Å²) in [5.74, 6) is 2.52. The van der Waals surface area contributed by atoms with Crippen molar-refractivity contribution >= 4 is 0 Å². The van der Waals surface area contributed by atoms with Gasteiger partial charge in [-0.3, -0.25) is 0 Å². The van der Waals surface area contributed by atoms with E-state index in [0.29, 0.717) is 12.5 Å². The maximum atomic E-state index is 5.62. The van der Waals surface area contributed by atoms with Gasteiger partial charge in [0.05, 0.1) is 5.69 Å². The first-order chi connectivity index (χ1) is 8.33. The van der Waals surface area contributed by atoms with Crippen molar-refractivity contribution in [2.45, 2.75) is 57.9 Å². The Morgan fingerprint density at radius 1 is 1.29 bits per heavy atom. The Bertz CT molecular complexity index is 343. The smallest absolute Gasteiger partial charge is 0.131 e. The molecule has 94 valence electrons. The van der Waals surface area contributed by atoms with Gasteiger partial charge in [-0.05, 0) is 37.7 Å². The highest BCUT2D eigenvalue weighted by Gasteiger charge is 2.23. The minimum atomic E-state index is 0.515. The largest absolute Gasteiger partial charge is 0.325 e. The zero-order valence-corrected chi connectivity index (χ0v) is 10.7. The first kappa shape index (κ1) is 12.5. The molecule has 0 spiro atoms. The van der Waals surface area contributed by atoms with Crippen molar-refractivity contribution < 1.29 is 0 Å². The van der Waals surface area contributed by atoms with Crippen LogP contribution in [0.25, 0.3) is 0 Å². The van der Waals surface area contributed by atoms with Crippen LogP contribution in [0.2, 0.25) is 0 Å². The van der Waals surface area contributed by atoms with Gasteiger partial charge in [0.15, 0.2) is 0 Å². The first-order valence-electron chi connectivity index (χ1n) is 6.85. The van der Waals surface area contributed by atoms with E-state index in [4.69, 9.17) is 5.73 Å². The lowest BCUT2D eigenvalue weighted by molar-refractivity contribution is 0.302. The molecule has 2 N–H and O–H groups in total. The molecule has 2 rings (SSSR count). The molecule has 0 aliphatic heterocycles. The summed E-state index contributed by atoms with van der Waals surface area (Å²) in [5.41, 5.74) is 6.58. The number of hydrogen-bond donors (Lipinski definition) is 1. The van der Waals surface area contributed by atoms with E-state index < -0.39 is 0 Å². The Balaban J connectivity index is 1.95. The maximum absolute atomic E-state index is 5.62. The molecule has 0 amide bonds. The van der Waals surface area contributed by atoms with E-state index in [1.54, 1.807) is 0 Å². The molecule has 1 aliphatic carbocycles. The van der Waals surface area contributed by atoms with Crippen molar-refractivity contribution in [3.8, 4) is 0 Å². The number of rotatable bonds is 4. The van der Waals surface area contributed by atoms with Crippen LogP contribution in [0.3, 0.4) is 0 Å². The van der Waals surface area contributed by atoms with E-state index in [0.717, 1.165) is 17.4 Å². The lowest BCUT2D eigenvalue weighted by Crippen LogP contribution is -2.16. The second kappa shape index (κ2) is 6.10. The van der Waals surface area contributed by atoms with Gasteiger partial charge in [-0.2, -0.15) is 0 Å². The first-order valence-corrected chi connectivity index (χ1v) is 6.85. The molecule has 3 heteroatoms. The summed E-state index contributed by atoms with van der Waals surface area (Å²) in [7, 11) is 0. The van der Waals surface area contributed by atoms with Gasteiger partial charge in [0.2, 0.25) is 0 Å². The van der Waals surface area contributed by atoms with Gasteiger partial charge in [0.25, 0.3) is 0 Å². The highest BCUT2D eigenvalue weighted by molar-refractivity contribution is 5.06. The van der Waals surface area contributed by atoms with Gasteiger partial charge in [0, 0.05) is 18.7 Å². The third-order valence-corrected chi connectivity index (χ3v) is 3.85. The van der Waals surface area contributed by atoms with Crippen molar-refractivity contribution in [2.24, 2.45) is 11.7 Å². The average Bonchev–Trinajstić information content (AvgIpc) is 2.40. The zero-order valence-electron chi connectivity index (χ0n) is 10.7. The predicted molar refractivity (Wildman–Crippen MR) is 69.5 cm³/mol. The number of hydrogen-bond acceptors (Lipinski definition) is 3. The molecule has 0 unspecified atom stereocenters. The molecule has 17 heavy (non-hydrogen) atoms. The second-order valence-electron chi connectivity index (χ2n) is 5.12. The topological polar surface area (TPSA) is 51.8 Å². The Morgan fingerprint density at radius 3 is 2.71 bits per heavy atom. The summed E-state index contributed by atoms with van der Waals surface area (Å²) in [6, 6.07) is 1.91. The van der Waals surface area contributed by atoms with Gasteiger partial charge in [-0.15, -0.1) is 0 Å². The second-order valence-corrected chi connectivity index (χ2v) is 5.12. The van der Waals surface area contributed by atoms with Crippen LogP contribution in [0.1, 0.15) is 62.9 Å². The molecule has 1 saturated carbocycles. The zero-order chi connectivity index (χ0) is 12.1. The van der Waals surface area contributed by atoms with Gasteiger partial charge in [-0.25, -0.2) is 9.97 Å². The molecular weight excluding hydrogens is 210 g/mol. The molecule has 0 aromatic carbocycles. The van der Waals surface area contributed by atoms with Crippen LogP contribution in [0.5, 0.6) is 0 Å². The Hall–Kier alpha value is -0.960. The van der Waals surface area contributed by atoms with Gasteiger partial charge >= 0.3 is 0 Å². The summed E-state index contributed by atoms with van der Waals surface area (Å²) in [6.45, 7) is 2.79. The molecule has 0 saturated heterocycles. The number of nitrogens with zero attached hydrogens (tertiary/aromatic N) is 2. The molecule has 0 atom stereocenters. The van der Waals surface area contributed by atoms with E-state index in [-0.39, 0.29) is 0 Å². The third-order valence-electron chi connectivity index (χ3n) is 3.85. The molecule has 1 aromatic heterocycles. The highest BCUT2D eigenvalue weighted by atomic mass is 14.9. The molecule has 1 heterocycles. The summed E-state index contributed by atoms with van der Waals surface area (Å²) in [5, 5.41) is 0. The van der Waals surface area contributed by atoms with E-state index in [2.05, 4.69) is 16.9 Å². The van der Waals surface area contributed by atoms with Crippen LogP contribution < -0.4 is 5.73 Å². The van der Waals surface area contributed by atoms with Gasteiger partial charge in [0.1, 0.15) is 5.82 Å². The Labute approximate surface area is 104 Å². The van der Waals surface area contributed by atoms with Crippen molar-refractivity contribution in [3.63, 3.8) is 0 Å². The monoisotopic (exact) mass is 233 g/mol.